The average molecular weight is 689 g/mol. The van der Waals surface area contributed by atoms with Gasteiger partial charge in [-0.1, -0.05) is 83.9 Å². The quantitative estimate of drug-likeness (QED) is 0.128. The van der Waals surface area contributed by atoms with Crippen molar-refractivity contribution >= 4 is 21.8 Å². The fourth-order valence-corrected chi connectivity index (χ4v) is 7.74. The van der Waals surface area contributed by atoms with Crippen LogP contribution in [0.3, 0.4) is 0 Å². The zero-order valence-electron chi connectivity index (χ0n) is 32.1. The third kappa shape index (κ3) is 7.27. The van der Waals surface area contributed by atoms with Gasteiger partial charge in [-0.3, -0.25) is 4.57 Å². The van der Waals surface area contributed by atoms with Crippen molar-refractivity contribution in [3.8, 4) is 34.1 Å². The summed E-state index contributed by atoms with van der Waals surface area (Å²) in [6, 6.07) is 34.8. The van der Waals surface area contributed by atoms with E-state index in [9.17, 15) is 0 Å². The molecule has 0 spiro atoms. The van der Waals surface area contributed by atoms with E-state index in [-0.39, 0.29) is 0 Å². The molecule has 1 atom stereocenters. The number of ether oxygens (including phenoxy) is 1. The molecule has 3 heterocycles. The first-order chi connectivity index (χ1) is 25.0. The molecule has 0 radical (unpaired) electrons. The van der Waals surface area contributed by atoms with Crippen LogP contribution in [-0.4, -0.2) is 19.3 Å². The Morgan fingerprint density at radius 1 is 0.692 bits per heavy atom. The molecule has 266 valence electrons. The zero-order chi connectivity index (χ0) is 36.5. The highest BCUT2D eigenvalue weighted by Crippen LogP contribution is 2.38. The number of pyridine rings is 1. The van der Waals surface area contributed by atoms with Crippen molar-refractivity contribution in [3.63, 3.8) is 0 Å². The Hall–Kier alpha value is -5.16. The molecule has 7 aromatic rings. The summed E-state index contributed by atoms with van der Waals surface area (Å²) in [5, 5.41) is 7.49. The lowest BCUT2D eigenvalue weighted by atomic mass is 9.92. The summed E-state index contributed by atoms with van der Waals surface area (Å²) in [4.78, 5) is 4.85. The monoisotopic (exact) mass is 688 g/mol. The number of fused-ring (bicyclic) bond motifs is 3. The van der Waals surface area contributed by atoms with Gasteiger partial charge in [0.15, 0.2) is 0 Å². The summed E-state index contributed by atoms with van der Waals surface area (Å²) < 4.78 is 11.2. The second kappa shape index (κ2) is 14.8. The van der Waals surface area contributed by atoms with Crippen LogP contribution in [0.2, 0.25) is 0 Å². The van der Waals surface area contributed by atoms with Crippen LogP contribution in [0.25, 0.3) is 44.4 Å². The van der Waals surface area contributed by atoms with Gasteiger partial charge in [-0.05, 0) is 122 Å². The Bertz CT molecular complexity index is 2340. The van der Waals surface area contributed by atoms with Crippen LogP contribution in [0.15, 0.2) is 103 Å². The maximum Gasteiger partial charge on any atom is 0.137 e. The number of hydrogen-bond acceptors (Lipinski definition) is 3. The average Bonchev–Trinajstić information content (AvgIpc) is 3.60. The highest BCUT2D eigenvalue weighted by molar-refractivity contribution is 6.09. The molecule has 0 N–H and O–H groups in total. The van der Waals surface area contributed by atoms with Gasteiger partial charge in [0.1, 0.15) is 17.3 Å². The predicted octanol–water partition coefficient (Wildman–Crippen LogP) is 12.9. The van der Waals surface area contributed by atoms with Gasteiger partial charge in [0.2, 0.25) is 0 Å². The largest absolute Gasteiger partial charge is 0.457 e. The van der Waals surface area contributed by atoms with Gasteiger partial charge in [-0.25, -0.2) is 9.67 Å². The smallest absolute Gasteiger partial charge is 0.137 e. The fourth-order valence-electron chi connectivity index (χ4n) is 7.74. The molecule has 52 heavy (non-hydrogen) atoms. The van der Waals surface area contributed by atoms with E-state index in [4.69, 9.17) is 14.8 Å². The van der Waals surface area contributed by atoms with Crippen LogP contribution in [0.4, 0.5) is 0 Å². The number of aromatic nitrogens is 4. The molecule has 0 saturated heterocycles. The Morgan fingerprint density at radius 2 is 1.50 bits per heavy atom. The van der Waals surface area contributed by atoms with Crippen molar-refractivity contribution in [2.45, 2.75) is 87.0 Å². The SMILES string of the molecule is Cc1ccnc(-n2c3ccc(C(C)CCCC(C)C)cc3c3ccc(Oc4cc(CC(C)C)cc(-n5nc(C)c(-c6ccccc6)c5C)c4)cc32)c1. The molecule has 0 amide bonds. The van der Waals surface area contributed by atoms with Crippen LogP contribution in [0.5, 0.6) is 11.5 Å². The van der Waals surface area contributed by atoms with E-state index in [1.165, 1.54) is 57.9 Å². The number of hydrogen-bond donors (Lipinski definition) is 0. The molecular formula is C47H52N4O. The number of nitrogens with zero attached hydrogens (tertiary/aromatic N) is 4. The molecule has 1 unspecified atom stereocenters. The molecule has 4 aromatic carbocycles. The van der Waals surface area contributed by atoms with Gasteiger partial charge in [0.05, 0.1) is 22.4 Å². The normalized spacial score (nSPS) is 12.4. The summed E-state index contributed by atoms with van der Waals surface area (Å²) in [6.07, 6.45) is 6.56. The van der Waals surface area contributed by atoms with Crippen molar-refractivity contribution in [1.82, 2.24) is 19.3 Å². The third-order valence-corrected chi connectivity index (χ3v) is 10.3. The summed E-state index contributed by atoms with van der Waals surface area (Å²) in [7, 11) is 0. The topological polar surface area (TPSA) is 44.9 Å². The van der Waals surface area contributed by atoms with E-state index in [0.717, 1.165) is 57.8 Å². The molecule has 5 heteroatoms. The van der Waals surface area contributed by atoms with Crippen LogP contribution in [-0.2, 0) is 6.42 Å². The van der Waals surface area contributed by atoms with Gasteiger partial charge in [0.25, 0.3) is 0 Å². The Balaban J connectivity index is 1.31. The zero-order valence-corrected chi connectivity index (χ0v) is 32.1. The molecule has 0 bridgehead atoms. The summed E-state index contributed by atoms with van der Waals surface area (Å²) in [5.41, 5.74) is 11.5. The first-order valence-electron chi connectivity index (χ1n) is 19.0. The van der Waals surface area contributed by atoms with Gasteiger partial charge < -0.3 is 4.74 Å². The van der Waals surface area contributed by atoms with Gasteiger partial charge in [0, 0.05) is 40.4 Å². The standard InChI is InChI=1S/C47H52N4O/c1-30(2)13-12-14-33(6)38-17-20-44-43(27-38)42-19-18-40(29-45(42)50(44)46-24-32(5)21-22-48-46)52-41-26-36(23-31(3)4)25-39(28-41)51-35(8)47(34(7)49-51)37-15-10-9-11-16-37/h9-11,15-22,24-31,33H,12-14,23H2,1-8H3. The van der Waals surface area contributed by atoms with Crippen molar-refractivity contribution in [3.05, 3.63) is 131 Å². The van der Waals surface area contributed by atoms with E-state index in [1.54, 1.807) is 0 Å². The molecule has 0 aliphatic rings. The molecular weight excluding hydrogens is 637 g/mol. The van der Waals surface area contributed by atoms with Crippen molar-refractivity contribution in [2.75, 3.05) is 0 Å². The minimum Gasteiger partial charge on any atom is -0.457 e. The first kappa shape index (κ1) is 35.3. The molecule has 5 nitrogen and oxygen atoms in total. The summed E-state index contributed by atoms with van der Waals surface area (Å²) in [6.45, 7) is 17.9. The van der Waals surface area contributed by atoms with Crippen LogP contribution in [0.1, 0.15) is 87.9 Å². The van der Waals surface area contributed by atoms with Crippen LogP contribution < -0.4 is 4.74 Å². The van der Waals surface area contributed by atoms with Crippen molar-refractivity contribution < 1.29 is 4.74 Å². The highest BCUT2D eigenvalue weighted by atomic mass is 16.5. The number of aryl methyl sites for hydroxylation is 2. The summed E-state index contributed by atoms with van der Waals surface area (Å²) >= 11 is 0. The molecule has 7 rings (SSSR count). The molecule has 0 saturated carbocycles. The molecule has 0 aliphatic carbocycles. The second-order valence-electron chi connectivity index (χ2n) is 15.6. The minimum atomic E-state index is 0.500. The molecule has 0 aliphatic heterocycles. The highest BCUT2D eigenvalue weighted by Gasteiger charge is 2.19. The van der Waals surface area contributed by atoms with Gasteiger partial charge >= 0.3 is 0 Å². The van der Waals surface area contributed by atoms with E-state index in [1.807, 2.05) is 6.20 Å². The van der Waals surface area contributed by atoms with E-state index < -0.39 is 0 Å². The lowest BCUT2D eigenvalue weighted by Gasteiger charge is -2.14. The Kier molecular flexibility index (Phi) is 10.1. The molecule has 3 aromatic heterocycles. The number of benzene rings is 4. The van der Waals surface area contributed by atoms with Gasteiger partial charge in [-0.2, -0.15) is 5.10 Å². The predicted molar refractivity (Wildman–Crippen MR) is 218 cm³/mol. The van der Waals surface area contributed by atoms with Crippen LogP contribution >= 0.6 is 0 Å². The summed E-state index contributed by atoms with van der Waals surface area (Å²) in [5.74, 6) is 4.24. The van der Waals surface area contributed by atoms with E-state index >= 15 is 0 Å². The second-order valence-corrected chi connectivity index (χ2v) is 15.6. The van der Waals surface area contributed by atoms with Crippen molar-refractivity contribution in [2.24, 2.45) is 11.8 Å². The Labute approximate surface area is 309 Å². The van der Waals surface area contributed by atoms with Crippen molar-refractivity contribution in [1.29, 1.82) is 0 Å². The van der Waals surface area contributed by atoms with Gasteiger partial charge in [-0.15, -0.1) is 0 Å². The third-order valence-electron chi connectivity index (χ3n) is 10.3. The Morgan fingerprint density at radius 3 is 2.25 bits per heavy atom. The maximum absolute atomic E-state index is 6.79. The first-order valence-corrected chi connectivity index (χ1v) is 19.0. The fraction of sp³-hybridized carbons (Fsp3) is 0.319. The van der Waals surface area contributed by atoms with E-state index in [2.05, 4.69) is 162 Å². The van der Waals surface area contributed by atoms with Crippen LogP contribution in [0, 0.1) is 32.6 Å². The lowest BCUT2D eigenvalue weighted by molar-refractivity contribution is 0.481. The maximum atomic E-state index is 6.79. The minimum absolute atomic E-state index is 0.500. The molecule has 0 fully saturated rings. The lowest BCUT2D eigenvalue weighted by Crippen LogP contribution is -2.03. The van der Waals surface area contributed by atoms with E-state index in [0.29, 0.717) is 11.8 Å². The number of rotatable bonds is 12.